The number of carbonyl (C=O) groups excluding carboxylic acids is 3. The van der Waals surface area contributed by atoms with Crippen LogP contribution in [0.4, 0.5) is 4.79 Å². The second kappa shape index (κ2) is 6.96. The molecule has 19 heavy (non-hydrogen) atoms. The van der Waals surface area contributed by atoms with E-state index in [1.54, 1.807) is 20.8 Å². The molecule has 0 aromatic carbocycles. The lowest BCUT2D eigenvalue weighted by atomic mass is 10.2. The molecule has 0 aliphatic rings. The second-order valence-corrected chi connectivity index (χ2v) is 5.26. The Morgan fingerprint density at radius 1 is 1.05 bits per heavy atom. The molecular weight excluding hydrogens is 250 g/mol. The van der Waals surface area contributed by atoms with Crippen LogP contribution in [-0.4, -0.2) is 67.5 Å². The monoisotopic (exact) mass is 273 g/mol. The zero-order valence-corrected chi connectivity index (χ0v) is 12.4. The predicted molar refractivity (Wildman–Crippen MR) is 70.6 cm³/mol. The molecule has 0 aromatic rings. The van der Waals surface area contributed by atoms with Gasteiger partial charge in [-0.15, -0.1) is 0 Å². The van der Waals surface area contributed by atoms with Gasteiger partial charge in [0, 0.05) is 21.1 Å². The summed E-state index contributed by atoms with van der Waals surface area (Å²) in [7, 11) is 4.47. The van der Waals surface area contributed by atoms with Gasteiger partial charge in [0.25, 0.3) is 0 Å². The molecule has 0 spiro atoms. The van der Waals surface area contributed by atoms with Crippen molar-refractivity contribution < 1.29 is 19.1 Å². The second-order valence-electron chi connectivity index (χ2n) is 5.26. The first-order valence-corrected chi connectivity index (χ1v) is 5.95. The molecule has 0 aliphatic carbocycles. The molecule has 3 amide bonds. The number of likely N-dealkylation sites (N-methyl/N-ethyl adjacent to an activating group) is 3. The number of hydrogen-bond acceptors (Lipinski definition) is 4. The summed E-state index contributed by atoms with van der Waals surface area (Å²) in [6.45, 7) is 5.06. The lowest BCUT2D eigenvalue weighted by Crippen LogP contribution is -2.44. The topological polar surface area (TPSA) is 79.0 Å². The maximum Gasteiger partial charge on any atom is 0.410 e. The number of ether oxygens (including phenoxy) is 1. The number of rotatable bonds is 4. The van der Waals surface area contributed by atoms with Crippen molar-refractivity contribution in [3.05, 3.63) is 0 Å². The van der Waals surface area contributed by atoms with Crippen LogP contribution in [-0.2, 0) is 14.3 Å². The number of carbonyl (C=O) groups is 3. The van der Waals surface area contributed by atoms with E-state index in [1.165, 1.54) is 30.9 Å². The van der Waals surface area contributed by atoms with Crippen molar-refractivity contribution in [2.45, 2.75) is 26.4 Å². The van der Waals surface area contributed by atoms with Crippen LogP contribution < -0.4 is 5.32 Å². The van der Waals surface area contributed by atoms with E-state index in [0.29, 0.717) is 0 Å². The van der Waals surface area contributed by atoms with Gasteiger partial charge in [0.05, 0.1) is 6.54 Å². The van der Waals surface area contributed by atoms with Gasteiger partial charge in [0.15, 0.2) is 0 Å². The van der Waals surface area contributed by atoms with E-state index in [4.69, 9.17) is 4.74 Å². The zero-order chi connectivity index (χ0) is 15.2. The van der Waals surface area contributed by atoms with E-state index in [0.717, 1.165) is 0 Å². The largest absolute Gasteiger partial charge is 0.444 e. The van der Waals surface area contributed by atoms with Crippen LogP contribution in [0.2, 0.25) is 0 Å². The fourth-order valence-corrected chi connectivity index (χ4v) is 1.11. The Kier molecular flexibility index (Phi) is 6.31. The van der Waals surface area contributed by atoms with Crippen LogP contribution in [0.25, 0.3) is 0 Å². The molecule has 0 atom stereocenters. The fourth-order valence-electron chi connectivity index (χ4n) is 1.11. The highest BCUT2D eigenvalue weighted by atomic mass is 16.6. The molecule has 1 N–H and O–H groups in total. The van der Waals surface area contributed by atoms with Crippen molar-refractivity contribution in [1.29, 1.82) is 0 Å². The van der Waals surface area contributed by atoms with Crippen LogP contribution in [0.3, 0.4) is 0 Å². The molecule has 0 fully saturated rings. The summed E-state index contributed by atoms with van der Waals surface area (Å²) >= 11 is 0. The minimum atomic E-state index is -0.609. The molecule has 0 bridgehead atoms. The zero-order valence-electron chi connectivity index (χ0n) is 12.4. The molecule has 0 aromatic heterocycles. The smallest absolute Gasteiger partial charge is 0.410 e. The maximum absolute atomic E-state index is 11.8. The highest BCUT2D eigenvalue weighted by molar-refractivity contribution is 5.86. The average molecular weight is 273 g/mol. The Bertz CT molecular complexity index is 349. The molecule has 0 saturated heterocycles. The minimum absolute atomic E-state index is 0.0442. The summed E-state index contributed by atoms with van der Waals surface area (Å²) in [5, 5.41) is 2.42. The van der Waals surface area contributed by atoms with E-state index < -0.39 is 11.7 Å². The maximum atomic E-state index is 11.8. The van der Waals surface area contributed by atoms with Gasteiger partial charge < -0.3 is 19.9 Å². The van der Waals surface area contributed by atoms with Crippen molar-refractivity contribution in [1.82, 2.24) is 15.1 Å². The Balaban J connectivity index is 4.32. The Morgan fingerprint density at radius 3 is 2.00 bits per heavy atom. The van der Waals surface area contributed by atoms with Crippen LogP contribution in [0, 0.1) is 0 Å². The summed E-state index contributed by atoms with van der Waals surface area (Å²) in [6, 6.07) is 0. The third kappa shape index (κ3) is 7.28. The van der Waals surface area contributed by atoms with Gasteiger partial charge in [-0.2, -0.15) is 0 Å². The van der Waals surface area contributed by atoms with Gasteiger partial charge in [-0.05, 0) is 20.8 Å². The molecule has 0 heterocycles. The van der Waals surface area contributed by atoms with E-state index in [2.05, 4.69) is 5.32 Å². The molecule has 110 valence electrons. The number of amides is 3. The van der Waals surface area contributed by atoms with E-state index >= 15 is 0 Å². The first-order valence-electron chi connectivity index (χ1n) is 5.95. The van der Waals surface area contributed by atoms with Crippen molar-refractivity contribution in [3.8, 4) is 0 Å². The van der Waals surface area contributed by atoms with Gasteiger partial charge >= 0.3 is 6.09 Å². The van der Waals surface area contributed by atoms with E-state index in [1.807, 2.05) is 0 Å². The fraction of sp³-hybridized carbons (Fsp3) is 0.750. The van der Waals surface area contributed by atoms with Crippen molar-refractivity contribution in [2.24, 2.45) is 0 Å². The SMILES string of the molecule is CNC(=O)CN(C)C(=O)CN(C)C(=O)OC(C)(C)C. The first-order chi connectivity index (χ1) is 8.56. The molecule has 0 radical (unpaired) electrons. The van der Waals surface area contributed by atoms with Gasteiger partial charge in [-0.1, -0.05) is 0 Å². The minimum Gasteiger partial charge on any atom is -0.444 e. The predicted octanol–water partition coefficient (Wildman–Crippen LogP) is 0.0577. The summed E-state index contributed by atoms with van der Waals surface area (Å²) in [5.41, 5.74) is -0.609. The molecule has 7 nitrogen and oxygen atoms in total. The molecule has 0 rings (SSSR count). The highest BCUT2D eigenvalue weighted by Crippen LogP contribution is 2.08. The van der Waals surface area contributed by atoms with Crippen molar-refractivity contribution in [2.75, 3.05) is 34.2 Å². The molecule has 0 saturated carbocycles. The first kappa shape index (κ1) is 17.2. The van der Waals surface area contributed by atoms with Crippen LogP contribution in [0.5, 0.6) is 0 Å². The van der Waals surface area contributed by atoms with Gasteiger partial charge in [-0.3, -0.25) is 9.59 Å². The lowest BCUT2D eigenvalue weighted by Gasteiger charge is -2.25. The summed E-state index contributed by atoms with van der Waals surface area (Å²) in [6.07, 6.45) is -0.575. The average Bonchev–Trinajstić information content (AvgIpc) is 2.26. The van der Waals surface area contributed by atoms with Crippen molar-refractivity contribution in [3.63, 3.8) is 0 Å². The van der Waals surface area contributed by atoms with Gasteiger partial charge in [0.1, 0.15) is 12.1 Å². The molecule has 7 heteroatoms. The molecule has 0 unspecified atom stereocenters. The Hall–Kier alpha value is -1.79. The Morgan fingerprint density at radius 2 is 1.58 bits per heavy atom. The lowest BCUT2D eigenvalue weighted by molar-refractivity contribution is -0.135. The standard InChI is InChI=1S/C12H23N3O4/c1-12(2,3)19-11(18)15(6)8-10(17)14(5)7-9(16)13-4/h7-8H2,1-6H3,(H,13,16). The van der Waals surface area contributed by atoms with Gasteiger partial charge in [-0.25, -0.2) is 4.79 Å². The van der Waals surface area contributed by atoms with Crippen LogP contribution >= 0.6 is 0 Å². The highest BCUT2D eigenvalue weighted by Gasteiger charge is 2.22. The summed E-state index contributed by atoms with van der Waals surface area (Å²) in [4.78, 5) is 37.0. The number of nitrogens with zero attached hydrogens (tertiary/aromatic N) is 2. The third-order valence-electron chi connectivity index (χ3n) is 2.16. The van der Waals surface area contributed by atoms with Crippen molar-refractivity contribution >= 4 is 17.9 Å². The number of hydrogen-bond donors (Lipinski definition) is 1. The van der Waals surface area contributed by atoms with Gasteiger partial charge in [0.2, 0.25) is 11.8 Å². The molecule has 0 aliphatic heterocycles. The third-order valence-corrected chi connectivity index (χ3v) is 2.16. The summed E-state index contributed by atoms with van der Waals surface area (Å²) in [5.74, 6) is -0.604. The normalized spacial score (nSPS) is 10.6. The summed E-state index contributed by atoms with van der Waals surface area (Å²) < 4.78 is 5.12. The van der Waals surface area contributed by atoms with E-state index in [9.17, 15) is 14.4 Å². The Labute approximate surface area is 113 Å². The molecular formula is C12H23N3O4. The van der Waals surface area contributed by atoms with Crippen LogP contribution in [0.15, 0.2) is 0 Å². The quantitative estimate of drug-likeness (QED) is 0.785. The number of nitrogens with one attached hydrogen (secondary N) is 1. The van der Waals surface area contributed by atoms with Crippen LogP contribution in [0.1, 0.15) is 20.8 Å². The van der Waals surface area contributed by atoms with E-state index in [-0.39, 0.29) is 24.9 Å².